The highest BCUT2D eigenvalue weighted by Crippen LogP contribution is 2.23. The molecule has 3 aromatic rings. The van der Waals surface area contributed by atoms with Crippen LogP contribution in [0.2, 0.25) is 5.02 Å². The third kappa shape index (κ3) is 5.15. The third-order valence-corrected chi connectivity index (χ3v) is 5.10. The van der Waals surface area contributed by atoms with Crippen molar-refractivity contribution in [2.24, 2.45) is 0 Å². The fraction of sp³-hybridized carbons (Fsp3) is 0.200. The first kappa shape index (κ1) is 20.0. The summed E-state index contributed by atoms with van der Waals surface area (Å²) in [6.45, 7) is 3.37. The predicted octanol–water partition coefficient (Wildman–Crippen LogP) is 4.28. The summed E-state index contributed by atoms with van der Waals surface area (Å²) in [5.41, 5.74) is 2.92. The molecule has 144 valence electrons. The van der Waals surface area contributed by atoms with E-state index in [2.05, 4.69) is 15.3 Å². The van der Waals surface area contributed by atoms with Crippen molar-refractivity contribution in [3.05, 3.63) is 64.4 Å². The SMILES string of the molecule is Cc1ccc(Cl)cc1NC(=O)[C@@H](C)OC(=O)Cc1csc(-c2cccnc2)n1. The molecule has 0 aliphatic rings. The van der Waals surface area contributed by atoms with Gasteiger partial charge in [0.05, 0.1) is 12.1 Å². The molecule has 28 heavy (non-hydrogen) atoms. The van der Waals surface area contributed by atoms with E-state index in [4.69, 9.17) is 16.3 Å². The Morgan fingerprint density at radius 3 is 2.89 bits per heavy atom. The minimum absolute atomic E-state index is 0.00935. The van der Waals surface area contributed by atoms with Crippen molar-refractivity contribution in [1.82, 2.24) is 9.97 Å². The summed E-state index contributed by atoms with van der Waals surface area (Å²) in [5, 5.41) is 5.81. The number of carbonyl (C=O) groups is 2. The molecule has 0 aliphatic heterocycles. The number of amides is 1. The van der Waals surface area contributed by atoms with Crippen molar-refractivity contribution >= 4 is 40.5 Å². The van der Waals surface area contributed by atoms with Gasteiger partial charge in [0, 0.05) is 34.0 Å². The van der Waals surface area contributed by atoms with Crippen LogP contribution in [0.4, 0.5) is 5.69 Å². The van der Waals surface area contributed by atoms with Gasteiger partial charge in [0.15, 0.2) is 6.10 Å². The second-order valence-corrected chi connectivity index (χ2v) is 7.44. The maximum atomic E-state index is 12.3. The molecule has 1 N–H and O–H groups in total. The fourth-order valence-corrected chi connectivity index (χ4v) is 3.40. The zero-order chi connectivity index (χ0) is 20.1. The van der Waals surface area contributed by atoms with Crippen molar-refractivity contribution in [3.63, 3.8) is 0 Å². The molecule has 6 nitrogen and oxygen atoms in total. The number of hydrogen-bond donors (Lipinski definition) is 1. The molecule has 0 saturated carbocycles. The first-order valence-electron chi connectivity index (χ1n) is 8.53. The van der Waals surface area contributed by atoms with Gasteiger partial charge in [-0.25, -0.2) is 4.98 Å². The first-order chi connectivity index (χ1) is 13.4. The summed E-state index contributed by atoms with van der Waals surface area (Å²) in [5.74, 6) is -0.943. The number of ether oxygens (including phenoxy) is 1. The summed E-state index contributed by atoms with van der Waals surface area (Å²) in [4.78, 5) is 33.0. The highest BCUT2D eigenvalue weighted by Gasteiger charge is 2.20. The van der Waals surface area contributed by atoms with E-state index in [0.29, 0.717) is 16.4 Å². The Kier molecular flexibility index (Phi) is 6.38. The molecule has 0 radical (unpaired) electrons. The summed E-state index contributed by atoms with van der Waals surface area (Å²) < 4.78 is 5.24. The van der Waals surface area contributed by atoms with Crippen LogP contribution in [0, 0.1) is 6.92 Å². The molecule has 1 atom stereocenters. The normalized spacial score (nSPS) is 11.7. The second kappa shape index (κ2) is 8.95. The van der Waals surface area contributed by atoms with Crippen molar-refractivity contribution < 1.29 is 14.3 Å². The maximum Gasteiger partial charge on any atom is 0.312 e. The number of pyridine rings is 1. The van der Waals surface area contributed by atoms with Gasteiger partial charge in [-0.3, -0.25) is 14.6 Å². The van der Waals surface area contributed by atoms with Gasteiger partial charge in [-0.1, -0.05) is 17.7 Å². The predicted molar refractivity (Wildman–Crippen MR) is 109 cm³/mol. The van der Waals surface area contributed by atoms with E-state index in [1.54, 1.807) is 36.0 Å². The standard InChI is InChI=1S/C20H18ClN3O3S/c1-12-5-6-15(21)8-17(12)24-19(26)13(2)27-18(25)9-16-11-28-20(23-16)14-4-3-7-22-10-14/h3-8,10-11,13H,9H2,1-2H3,(H,24,26)/t13-/m1/s1. The van der Waals surface area contributed by atoms with Crippen molar-refractivity contribution in [2.75, 3.05) is 5.32 Å². The van der Waals surface area contributed by atoms with Crippen molar-refractivity contribution in [1.29, 1.82) is 0 Å². The Bertz CT molecular complexity index is 991. The number of esters is 1. The molecule has 0 unspecified atom stereocenters. The van der Waals surface area contributed by atoms with Gasteiger partial charge in [-0.15, -0.1) is 11.3 Å². The molecule has 0 bridgehead atoms. The molecular weight excluding hydrogens is 398 g/mol. The van der Waals surface area contributed by atoms with Crippen LogP contribution < -0.4 is 5.32 Å². The lowest BCUT2D eigenvalue weighted by Gasteiger charge is -2.14. The summed E-state index contributed by atoms with van der Waals surface area (Å²) in [6, 6.07) is 8.92. The number of thiazole rings is 1. The molecule has 1 amide bonds. The molecule has 0 aliphatic carbocycles. The smallest absolute Gasteiger partial charge is 0.312 e. The zero-order valence-corrected chi connectivity index (χ0v) is 16.9. The molecule has 0 saturated heterocycles. The highest BCUT2D eigenvalue weighted by atomic mass is 35.5. The number of nitrogens with one attached hydrogen (secondary N) is 1. The number of benzene rings is 1. The molecule has 2 aromatic heterocycles. The minimum Gasteiger partial charge on any atom is -0.452 e. The van der Waals surface area contributed by atoms with Gasteiger partial charge in [0.1, 0.15) is 5.01 Å². The van der Waals surface area contributed by atoms with Crippen molar-refractivity contribution in [2.45, 2.75) is 26.4 Å². The van der Waals surface area contributed by atoms with E-state index < -0.39 is 18.0 Å². The van der Waals surface area contributed by atoms with Crippen LogP contribution in [0.5, 0.6) is 0 Å². The Labute approximate surface area is 171 Å². The fourth-order valence-electron chi connectivity index (χ4n) is 2.41. The van der Waals surface area contributed by atoms with Crippen LogP contribution in [-0.2, 0) is 20.7 Å². The summed E-state index contributed by atoms with van der Waals surface area (Å²) in [7, 11) is 0. The largest absolute Gasteiger partial charge is 0.452 e. The van der Waals surface area contributed by atoms with Crippen LogP contribution in [0.1, 0.15) is 18.2 Å². The average Bonchev–Trinajstić information content (AvgIpc) is 3.13. The van der Waals surface area contributed by atoms with Crippen LogP contribution >= 0.6 is 22.9 Å². The van der Waals surface area contributed by atoms with E-state index in [9.17, 15) is 9.59 Å². The number of nitrogens with zero attached hydrogens (tertiary/aromatic N) is 2. The zero-order valence-electron chi connectivity index (χ0n) is 15.3. The molecule has 0 fully saturated rings. The first-order valence-corrected chi connectivity index (χ1v) is 9.79. The van der Waals surface area contributed by atoms with Gasteiger partial charge in [-0.05, 0) is 43.7 Å². The van der Waals surface area contributed by atoms with Gasteiger partial charge in [-0.2, -0.15) is 0 Å². The number of hydrogen-bond acceptors (Lipinski definition) is 6. The van der Waals surface area contributed by atoms with E-state index in [1.807, 2.05) is 19.1 Å². The van der Waals surface area contributed by atoms with E-state index in [1.165, 1.54) is 18.3 Å². The minimum atomic E-state index is -0.942. The van der Waals surface area contributed by atoms with Gasteiger partial charge < -0.3 is 10.1 Å². The molecule has 0 spiro atoms. The Morgan fingerprint density at radius 1 is 1.32 bits per heavy atom. The summed E-state index contributed by atoms with van der Waals surface area (Å²) in [6.07, 6.45) is 2.45. The maximum absolute atomic E-state index is 12.3. The monoisotopic (exact) mass is 415 g/mol. The third-order valence-electron chi connectivity index (χ3n) is 3.92. The molecule has 3 rings (SSSR count). The number of aromatic nitrogens is 2. The van der Waals surface area contributed by atoms with Crippen LogP contribution in [0.3, 0.4) is 0 Å². The molecule has 1 aromatic carbocycles. The number of carbonyl (C=O) groups excluding carboxylic acids is 2. The van der Waals surface area contributed by atoms with E-state index >= 15 is 0 Å². The van der Waals surface area contributed by atoms with Crippen LogP contribution in [0.15, 0.2) is 48.1 Å². The molecular formula is C20H18ClN3O3S. The molecule has 2 heterocycles. The lowest BCUT2D eigenvalue weighted by Crippen LogP contribution is -2.30. The number of rotatable bonds is 6. The Hall–Kier alpha value is -2.77. The van der Waals surface area contributed by atoms with Gasteiger partial charge in [0.2, 0.25) is 0 Å². The van der Waals surface area contributed by atoms with Crippen LogP contribution in [-0.4, -0.2) is 27.9 Å². The topological polar surface area (TPSA) is 81.2 Å². The van der Waals surface area contributed by atoms with Crippen molar-refractivity contribution in [3.8, 4) is 10.6 Å². The Morgan fingerprint density at radius 2 is 2.14 bits per heavy atom. The quantitative estimate of drug-likeness (QED) is 0.607. The number of aryl methyl sites for hydroxylation is 1. The van der Waals surface area contributed by atoms with Gasteiger partial charge >= 0.3 is 5.97 Å². The highest BCUT2D eigenvalue weighted by molar-refractivity contribution is 7.13. The second-order valence-electron chi connectivity index (χ2n) is 6.14. The van der Waals surface area contributed by atoms with Crippen LogP contribution in [0.25, 0.3) is 10.6 Å². The summed E-state index contributed by atoms with van der Waals surface area (Å²) >= 11 is 7.38. The van der Waals surface area contributed by atoms with Gasteiger partial charge in [0.25, 0.3) is 5.91 Å². The lowest BCUT2D eigenvalue weighted by atomic mass is 10.2. The Balaban J connectivity index is 1.56. The number of anilines is 1. The average molecular weight is 416 g/mol. The van der Waals surface area contributed by atoms with E-state index in [-0.39, 0.29) is 6.42 Å². The molecule has 8 heteroatoms. The lowest BCUT2D eigenvalue weighted by molar-refractivity contribution is -0.152. The number of halogens is 1. The van der Waals surface area contributed by atoms with E-state index in [0.717, 1.165) is 16.1 Å².